The second-order valence-corrected chi connectivity index (χ2v) is 13.8. The van der Waals surface area contributed by atoms with E-state index in [1.807, 2.05) is 7.05 Å². The fraction of sp³-hybridized carbons (Fsp3) is 0.429. The van der Waals surface area contributed by atoms with Crippen molar-refractivity contribution in [2.45, 2.75) is 50.2 Å². The Hall–Kier alpha value is -4.87. The second-order valence-electron chi connectivity index (χ2n) is 12.5. The van der Waals surface area contributed by atoms with Gasteiger partial charge in [-0.2, -0.15) is 4.98 Å². The van der Waals surface area contributed by atoms with Crippen molar-refractivity contribution in [1.82, 2.24) is 19.5 Å². The molecule has 2 saturated heterocycles. The Balaban J connectivity index is 1.02. The van der Waals surface area contributed by atoms with Crippen LogP contribution in [0.5, 0.6) is 17.2 Å². The average molecular weight is 776 g/mol. The lowest BCUT2D eigenvalue weighted by Crippen LogP contribution is -2.36. The quantitative estimate of drug-likeness (QED) is 0.119. The molecule has 2 N–H and O–H groups in total. The number of alkyl halides is 2. The van der Waals surface area contributed by atoms with E-state index in [9.17, 15) is 14.4 Å². The highest BCUT2D eigenvalue weighted by molar-refractivity contribution is 7.45. The van der Waals surface area contributed by atoms with Gasteiger partial charge in [-0.3, -0.25) is 14.7 Å². The summed E-state index contributed by atoms with van der Waals surface area (Å²) in [7, 11) is 3.00. The van der Waals surface area contributed by atoms with Crippen LogP contribution in [0.25, 0.3) is 11.0 Å². The molecule has 1 amide bonds. The van der Waals surface area contributed by atoms with Gasteiger partial charge in [0, 0.05) is 37.2 Å². The summed E-state index contributed by atoms with van der Waals surface area (Å²) in [6.45, 7) is 0.797. The summed E-state index contributed by atoms with van der Waals surface area (Å²) in [5, 5.41) is 5.84. The molecule has 4 heterocycles. The standard InChI is InChI=1S/C35H40F2N5O11P/c1-41-12-9-23(10-13-41)50-30(43)19-38-54(53-24-7-5-4-6-8-24)49-21-27-18-35(36,37)32(52-27)42-14-11-29(39-33(42)44)40-34(45)48-20-26-16-22-15-25(46-2)17-28(47-3)31(22)51-26/h4-8,11,14-17,23,27,32,38H,9-10,12-13,18-21H2,1-3H3,(H,39,40,44,45)/t27-,32+,54?/m0/s1. The van der Waals surface area contributed by atoms with Gasteiger partial charge in [-0.15, -0.1) is 0 Å². The molecular weight excluding hydrogens is 735 g/mol. The second kappa shape index (κ2) is 17.5. The van der Waals surface area contributed by atoms with E-state index in [-0.39, 0.29) is 31.7 Å². The summed E-state index contributed by atoms with van der Waals surface area (Å²) in [5.74, 6) is -2.51. The molecule has 0 radical (unpaired) electrons. The first-order valence-electron chi connectivity index (χ1n) is 17.0. The Kier molecular flexibility index (Phi) is 12.6. The minimum atomic E-state index is -3.49. The Labute approximate surface area is 309 Å². The Morgan fingerprint density at radius 2 is 1.83 bits per heavy atom. The van der Waals surface area contributed by atoms with Crippen LogP contribution >= 0.6 is 8.53 Å². The van der Waals surface area contributed by atoms with Crippen LogP contribution in [0.2, 0.25) is 0 Å². The van der Waals surface area contributed by atoms with Crippen LogP contribution in [0.3, 0.4) is 0 Å². The third kappa shape index (κ3) is 10.0. The number of amides is 1. The van der Waals surface area contributed by atoms with Gasteiger partial charge in [-0.25, -0.2) is 23.5 Å². The van der Waals surface area contributed by atoms with E-state index >= 15 is 8.78 Å². The van der Waals surface area contributed by atoms with E-state index in [4.69, 9.17) is 37.1 Å². The number of para-hydroxylation sites is 1. The number of nitrogens with one attached hydrogen (secondary N) is 2. The maximum atomic E-state index is 15.2. The highest BCUT2D eigenvalue weighted by Gasteiger charge is 2.52. The van der Waals surface area contributed by atoms with Gasteiger partial charge in [0.15, 0.2) is 17.9 Å². The molecule has 2 aromatic heterocycles. The predicted molar refractivity (Wildman–Crippen MR) is 190 cm³/mol. The first-order valence-corrected chi connectivity index (χ1v) is 18.2. The number of anilines is 1. The van der Waals surface area contributed by atoms with Gasteiger partial charge in [0.1, 0.15) is 35.7 Å². The van der Waals surface area contributed by atoms with E-state index < -0.39 is 51.0 Å². The molecule has 0 aliphatic carbocycles. The summed E-state index contributed by atoms with van der Waals surface area (Å²) in [4.78, 5) is 43.8. The zero-order chi connectivity index (χ0) is 38.2. The van der Waals surface area contributed by atoms with Crippen LogP contribution < -0.4 is 30.1 Å². The van der Waals surface area contributed by atoms with Crippen LogP contribution in [0.4, 0.5) is 19.4 Å². The molecule has 54 heavy (non-hydrogen) atoms. The number of likely N-dealkylation sites (tertiary alicyclic amines) is 1. The number of nitrogens with zero attached hydrogens (tertiary/aromatic N) is 3. The molecule has 2 aromatic carbocycles. The highest BCUT2D eigenvalue weighted by Crippen LogP contribution is 2.44. The maximum Gasteiger partial charge on any atom is 0.413 e. The van der Waals surface area contributed by atoms with E-state index in [1.54, 1.807) is 48.5 Å². The molecule has 2 fully saturated rings. The van der Waals surface area contributed by atoms with Crippen LogP contribution in [-0.2, 0) is 30.1 Å². The minimum absolute atomic E-state index is 0.190. The number of carbonyl (C=O) groups is 2. The molecule has 290 valence electrons. The van der Waals surface area contributed by atoms with Gasteiger partial charge in [-0.1, -0.05) is 18.2 Å². The topological polar surface area (TPSA) is 174 Å². The van der Waals surface area contributed by atoms with Crippen molar-refractivity contribution in [3.8, 4) is 17.2 Å². The summed E-state index contributed by atoms with van der Waals surface area (Å²) < 4.78 is 75.5. The molecule has 0 bridgehead atoms. The summed E-state index contributed by atoms with van der Waals surface area (Å²) in [6, 6.07) is 14.8. The summed E-state index contributed by atoms with van der Waals surface area (Å²) in [6.07, 6.45) is -2.60. The third-order valence-corrected chi connectivity index (χ3v) is 9.71. The molecule has 3 atom stereocenters. The van der Waals surface area contributed by atoms with Crippen molar-refractivity contribution in [1.29, 1.82) is 0 Å². The average Bonchev–Trinajstić information content (AvgIpc) is 3.71. The number of fused-ring (bicyclic) bond motifs is 1. The van der Waals surface area contributed by atoms with Crippen molar-refractivity contribution in [3.05, 3.63) is 77.0 Å². The SMILES string of the molecule is COc1cc(OC)c2oc(COC(=O)Nc3ccn([C@@H]4O[C@H](COP(NCC(=O)OC5CCN(C)CC5)Oc5ccccc5)CC4(F)F)c(=O)n3)cc2c1. The zero-order valence-corrected chi connectivity index (χ0v) is 30.6. The number of esters is 1. The molecule has 1 unspecified atom stereocenters. The molecule has 16 nitrogen and oxygen atoms in total. The van der Waals surface area contributed by atoms with Gasteiger partial charge < -0.3 is 42.0 Å². The molecule has 6 rings (SSSR count). The van der Waals surface area contributed by atoms with Crippen molar-refractivity contribution < 1.29 is 55.5 Å². The molecule has 19 heteroatoms. The summed E-state index contributed by atoms with van der Waals surface area (Å²) >= 11 is 0. The lowest BCUT2D eigenvalue weighted by atomic mass is 10.1. The molecule has 2 aliphatic heterocycles. The normalized spacial score (nSPS) is 19.3. The van der Waals surface area contributed by atoms with Gasteiger partial charge in [0.05, 0.1) is 26.9 Å². The van der Waals surface area contributed by atoms with E-state index in [0.29, 0.717) is 38.5 Å². The van der Waals surface area contributed by atoms with Crippen LogP contribution in [0.15, 0.2) is 70.0 Å². The smallest absolute Gasteiger partial charge is 0.413 e. The first-order chi connectivity index (χ1) is 26.0. The molecule has 4 aromatic rings. The molecule has 2 aliphatic rings. The van der Waals surface area contributed by atoms with Crippen LogP contribution in [0, 0.1) is 0 Å². The number of rotatable bonds is 15. The van der Waals surface area contributed by atoms with Gasteiger partial charge >= 0.3 is 26.3 Å². The maximum absolute atomic E-state index is 15.2. The van der Waals surface area contributed by atoms with Crippen LogP contribution in [-0.4, -0.2) is 92.2 Å². The Morgan fingerprint density at radius 3 is 2.56 bits per heavy atom. The Bertz CT molecular complexity index is 1960. The van der Waals surface area contributed by atoms with Gasteiger partial charge in [-0.05, 0) is 50.2 Å². The number of ether oxygens (including phenoxy) is 5. The van der Waals surface area contributed by atoms with Crippen molar-refractivity contribution in [2.24, 2.45) is 0 Å². The molecule has 0 saturated carbocycles. The van der Waals surface area contributed by atoms with Crippen molar-refractivity contribution >= 4 is 37.4 Å². The molecular formula is C35H40F2N5O11P. The van der Waals surface area contributed by atoms with E-state index in [1.165, 1.54) is 14.2 Å². The number of hydrogen-bond donors (Lipinski definition) is 2. The Morgan fingerprint density at radius 1 is 1.06 bits per heavy atom. The minimum Gasteiger partial charge on any atom is -0.497 e. The number of halogens is 2. The predicted octanol–water partition coefficient (Wildman–Crippen LogP) is 5.23. The zero-order valence-electron chi connectivity index (χ0n) is 29.7. The van der Waals surface area contributed by atoms with Crippen molar-refractivity contribution in [3.63, 3.8) is 0 Å². The fourth-order valence-corrected chi connectivity index (χ4v) is 6.90. The number of hydrogen-bond acceptors (Lipinski definition) is 14. The summed E-state index contributed by atoms with van der Waals surface area (Å²) in [5.41, 5.74) is -0.669. The number of piperidine rings is 1. The van der Waals surface area contributed by atoms with E-state index in [2.05, 4.69) is 20.3 Å². The van der Waals surface area contributed by atoms with Crippen molar-refractivity contribution in [2.75, 3.05) is 52.8 Å². The fourth-order valence-electron chi connectivity index (χ4n) is 5.82. The highest BCUT2D eigenvalue weighted by atomic mass is 31.2. The third-order valence-electron chi connectivity index (χ3n) is 8.53. The monoisotopic (exact) mass is 775 g/mol. The van der Waals surface area contributed by atoms with Gasteiger partial charge in [0.2, 0.25) is 6.23 Å². The largest absolute Gasteiger partial charge is 0.497 e. The lowest BCUT2D eigenvalue weighted by Gasteiger charge is -2.28. The van der Waals surface area contributed by atoms with Crippen LogP contribution in [0.1, 0.15) is 31.3 Å². The van der Waals surface area contributed by atoms with E-state index in [0.717, 1.165) is 38.2 Å². The first kappa shape index (κ1) is 38.8. The number of benzene rings is 2. The number of carbonyl (C=O) groups excluding carboxylic acids is 2. The number of furan rings is 1. The molecule has 0 spiro atoms. The lowest BCUT2D eigenvalue weighted by molar-refractivity contribution is -0.149. The number of aromatic nitrogens is 2. The number of methoxy groups -OCH3 is 2. The van der Waals surface area contributed by atoms with Gasteiger partial charge in [0.25, 0.3) is 5.92 Å².